The molecule has 6 rings (SSSR count). The predicted octanol–water partition coefficient (Wildman–Crippen LogP) is 6.95. The van der Waals surface area contributed by atoms with Gasteiger partial charge < -0.3 is 5.32 Å². The summed E-state index contributed by atoms with van der Waals surface area (Å²) in [4.78, 5) is 32.9. The SMILES string of the molecule is Cc1ccc(C(=O)N[C@H]2CC[C@H](CCN3[C@@H]4CC[C@H]3c3ccc(C(=O)C(C)C)cc34)CC2)c2cccnc12. The van der Waals surface area contributed by atoms with Crippen LogP contribution in [0.1, 0.15) is 108 Å². The van der Waals surface area contributed by atoms with Crippen LogP contribution < -0.4 is 5.32 Å². The average molecular weight is 510 g/mol. The summed E-state index contributed by atoms with van der Waals surface area (Å²) in [5.74, 6) is 1.02. The number of fused-ring (bicyclic) bond motifs is 6. The summed E-state index contributed by atoms with van der Waals surface area (Å²) in [6.45, 7) is 7.13. The second-order valence-electron chi connectivity index (χ2n) is 12.0. The summed E-state index contributed by atoms with van der Waals surface area (Å²) >= 11 is 0. The smallest absolute Gasteiger partial charge is 0.252 e. The van der Waals surface area contributed by atoms with Gasteiger partial charge in [0.05, 0.1) is 5.52 Å². The number of ketones is 1. The Balaban J connectivity index is 1.03. The van der Waals surface area contributed by atoms with Gasteiger partial charge in [0, 0.05) is 46.8 Å². The summed E-state index contributed by atoms with van der Waals surface area (Å²) < 4.78 is 0. The van der Waals surface area contributed by atoms with Crippen molar-refractivity contribution in [3.05, 3.63) is 76.5 Å². The maximum atomic E-state index is 13.1. The lowest BCUT2D eigenvalue weighted by atomic mass is 9.84. The molecule has 0 unspecified atom stereocenters. The number of Topliss-reactive ketones (excluding diaryl/α,β-unsaturated/α-hetero) is 1. The third kappa shape index (κ3) is 4.55. The number of hydrogen-bond acceptors (Lipinski definition) is 4. The van der Waals surface area contributed by atoms with E-state index in [1.165, 1.54) is 43.2 Å². The first-order valence-electron chi connectivity index (χ1n) is 14.5. The molecule has 5 heteroatoms. The van der Waals surface area contributed by atoms with Gasteiger partial charge in [-0.15, -0.1) is 0 Å². The van der Waals surface area contributed by atoms with Crippen molar-refractivity contribution in [1.82, 2.24) is 15.2 Å². The van der Waals surface area contributed by atoms with Crippen LogP contribution in [-0.4, -0.2) is 34.2 Å². The number of carbonyl (C=O) groups is 2. The number of nitrogens with zero attached hydrogens (tertiary/aromatic N) is 2. The van der Waals surface area contributed by atoms with E-state index in [1.54, 1.807) is 6.20 Å². The molecule has 38 heavy (non-hydrogen) atoms. The molecule has 2 aromatic carbocycles. The van der Waals surface area contributed by atoms with E-state index < -0.39 is 0 Å². The fourth-order valence-electron chi connectivity index (χ4n) is 7.20. The van der Waals surface area contributed by atoms with Gasteiger partial charge in [-0.3, -0.25) is 19.5 Å². The molecule has 1 saturated carbocycles. The highest BCUT2D eigenvalue weighted by molar-refractivity contribution is 6.07. The summed E-state index contributed by atoms with van der Waals surface area (Å²) in [6.07, 6.45) is 9.88. The highest BCUT2D eigenvalue weighted by atomic mass is 16.1. The zero-order valence-electron chi connectivity index (χ0n) is 22.9. The number of hydrogen-bond donors (Lipinski definition) is 1. The number of aromatic nitrogens is 1. The standard InChI is InChI=1S/C33H39N3O2/c1-20(2)32(37)23-9-13-25-28(19-23)30-15-14-29(25)36(30)18-16-22-7-10-24(11-8-22)35-33(38)27-12-6-21(3)31-26(27)5-4-17-34-31/h4-6,9,12-13,17,19-20,22,24,29-30H,7-8,10-11,14-16,18H2,1-3H3,(H,35,38)/t22-,24-,29-,30+/m0/s1. The van der Waals surface area contributed by atoms with Crippen molar-refractivity contribution in [3.8, 4) is 0 Å². The molecular weight excluding hydrogens is 470 g/mol. The number of pyridine rings is 1. The first kappa shape index (κ1) is 25.2. The van der Waals surface area contributed by atoms with Crippen molar-refractivity contribution in [1.29, 1.82) is 0 Å². The number of carbonyl (C=O) groups excluding carboxylic acids is 2. The van der Waals surface area contributed by atoms with Crippen LogP contribution in [0.25, 0.3) is 10.9 Å². The van der Waals surface area contributed by atoms with Gasteiger partial charge in [-0.1, -0.05) is 38.1 Å². The molecule has 1 aromatic heterocycles. The molecule has 1 amide bonds. The van der Waals surface area contributed by atoms with Crippen LogP contribution >= 0.6 is 0 Å². The Labute approximate surface area is 226 Å². The molecule has 2 aliphatic heterocycles. The van der Waals surface area contributed by atoms with Crippen molar-refractivity contribution in [2.45, 2.75) is 83.8 Å². The van der Waals surface area contributed by atoms with E-state index in [4.69, 9.17) is 0 Å². The van der Waals surface area contributed by atoms with Gasteiger partial charge in [-0.25, -0.2) is 0 Å². The largest absolute Gasteiger partial charge is 0.349 e. The van der Waals surface area contributed by atoms with Gasteiger partial charge in [0.1, 0.15) is 0 Å². The Morgan fingerprint density at radius 3 is 2.50 bits per heavy atom. The van der Waals surface area contributed by atoms with Crippen LogP contribution in [0.5, 0.6) is 0 Å². The van der Waals surface area contributed by atoms with Crippen LogP contribution in [0.3, 0.4) is 0 Å². The van der Waals surface area contributed by atoms with Gasteiger partial charge in [-0.2, -0.15) is 0 Å². The fourth-order valence-corrected chi connectivity index (χ4v) is 7.20. The molecule has 2 fully saturated rings. The molecule has 3 heterocycles. The maximum Gasteiger partial charge on any atom is 0.252 e. The van der Waals surface area contributed by atoms with E-state index in [1.807, 2.05) is 51.1 Å². The molecule has 5 nitrogen and oxygen atoms in total. The van der Waals surface area contributed by atoms with E-state index in [0.29, 0.717) is 18.0 Å². The Morgan fingerprint density at radius 1 is 0.974 bits per heavy atom. The van der Waals surface area contributed by atoms with Crippen LogP contribution in [0, 0.1) is 18.8 Å². The molecular formula is C33H39N3O2. The highest BCUT2D eigenvalue weighted by Gasteiger charge is 2.43. The molecule has 2 bridgehead atoms. The topological polar surface area (TPSA) is 62.3 Å². The third-order valence-electron chi connectivity index (χ3n) is 9.32. The molecule has 1 saturated heterocycles. The molecule has 0 spiro atoms. The Hall–Kier alpha value is -3.05. The number of nitrogens with one attached hydrogen (secondary N) is 1. The molecule has 1 aliphatic carbocycles. The van der Waals surface area contributed by atoms with Gasteiger partial charge >= 0.3 is 0 Å². The minimum atomic E-state index is 0.0215. The van der Waals surface area contributed by atoms with Gasteiger partial charge in [-0.05, 0) is 99.2 Å². The average Bonchev–Trinajstić information content (AvgIpc) is 3.48. The zero-order chi connectivity index (χ0) is 26.4. The van der Waals surface area contributed by atoms with Gasteiger partial charge in [0.25, 0.3) is 5.91 Å². The summed E-state index contributed by atoms with van der Waals surface area (Å²) in [5.41, 5.74) is 6.45. The van der Waals surface area contributed by atoms with Crippen LogP contribution in [-0.2, 0) is 0 Å². The minimum absolute atomic E-state index is 0.0215. The normalized spacial score (nSPS) is 24.6. The van der Waals surface area contributed by atoms with E-state index in [2.05, 4.69) is 27.3 Å². The minimum Gasteiger partial charge on any atom is -0.349 e. The maximum absolute atomic E-state index is 13.1. The number of benzene rings is 2. The van der Waals surface area contributed by atoms with E-state index >= 15 is 0 Å². The third-order valence-corrected chi connectivity index (χ3v) is 9.32. The van der Waals surface area contributed by atoms with Crippen LogP contribution in [0.2, 0.25) is 0 Å². The van der Waals surface area contributed by atoms with Crippen molar-refractivity contribution in [2.75, 3.05) is 6.54 Å². The summed E-state index contributed by atoms with van der Waals surface area (Å²) in [5, 5.41) is 4.25. The first-order valence-corrected chi connectivity index (χ1v) is 14.5. The number of amides is 1. The molecule has 0 radical (unpaired) electrons. The lowest BCUT2D eigenvalue weighted by Crippen LogP contribution is -2.38. The molecule has 3 aromatic rings. The van der Waals surface area contributed by atoms with Crippen molar-refractivity contribution >= 4 is 22.6 Å². The summed E-state index contributed by atoms with van der Waals surface area (Å²) in [6, 6.07) is 15.5. The van der Waals surface area contributed by atoms with Crippen molar-refractivity contribution in [2.24, 2.45) is 11.8 Å². The van der Waals surface area contributed by atoms with Crippen molar-refractivity contribution < 1.29 is 9.59 Å². The van der Waals surface area contributed by atoms with Crippen LogP contribution in [0.4, 0.5) is 0 Å². The quantitative estimate of drug-likeness (QED) is 0.350. The van der Waals surface area contributed by atoms with Crippen LogP contribution in [0.15, 0.2) is 48.7 Å². The van der Waals surface area contributed by atoms with Gasteiger partial charge in [0.2, 0.25) is 0 Å². The van der Waals surface area contributed by atoms with Gasteiger partial charge in [0.15, 0.2) is 5.78 Å². The molecule has 1 N–H and O–H groups in total. The lowest BCUT2D eigenvalue weighted by molar-refractivity contribution is 0.0917. The second-order valence-corrected chi connectivity index (χ2v) is 12.0. The zero-order valence-corrected chi connectivity index (χ0v) is 22.9. The van der Waals surface area contributed by atoms with E-state index in [0.717, 1.165) is 47.0 Å². The molecule has 2 atom stereocenters. The predicted molar refractivity (Wildman–Crippen MR) is 151 cm³/mol. The Bertz CT molecular complexity index is 1370. The number of aryl methyl sites for hydroxylation is 1. The fraction of sp³-hybridized carbons (Fsp3) is 0.485. The molecule has 3 aliphatic rings. The van der Waals surface area contributed by atoms with E-state index in [-0.39, 0.29) is 23.7 Å². The van der Waals surface area contributed by atoms with Crippen molar-refractivity contribution in [3.63, 3.8) is 0 Å². The monoisotopic (exact) mass is 509 g/mol. The summed E-state index contributed by atoms with van der Waals surface area (Å²) in [7, 11) is 0. The number of rotatable bonds is 7. The van der Waals surface area contributed by atoms with E-state index in [9.17, 15) is 9.59 Å². The molecule has 198 valence electrons. The Morgan fingerprint density at radius 2 is 1.74 bits per heavy atom. The highest BCUT2D eigenvalue weighted by Crippen LogP contribution is 2.53. The Kier molecular flexibility index (Phi) is 6.81. The lowest BCUT2D eigenvalue weighted by Gasteiger charge is -2.31. The first-order chi connectivity index (χ1) is 18.4. The second kappa shape index (κ2) is 10.3.